The number of ketones is 2. The predicted octanol–water partition coefficient (Wildman–Crippen LogP) is 4.99. The van der Waals surface area contributed by atoms with E-state index in [-0.39, 0.29) is 56.4 Å². The Morgan fingerprint density at radius 1 is 0.723 bits per heavy atom. The summed E-state index contributed by atoms with van der Waals surface area (Å²) in [6.07, 6.45) is 8.94. The normalized spacial score (nSPS) is 35.6. The highest BCUT2D eigenvalue weighted by atomic mass is 16.6. The SMILES string of the molecule is CCCOCCOCCOCCN1C[C@@H]2C[C@H]1CN2CCOCCOCCNC(=O)O[C@@H]1CC[C@@H](C[C@@H](N)[C@@H]2C[C@@H](O)[C@H](C)/C=C(\C)[C@@H](O)[C@@H](O)C(=O)[C@H](C)C[C@H](C)/C=C/C=C/C=C(\C)[C@@H](OC)C[C@@H]3CC[C@@H](C)[C@@](O)(O3)C(=O)C(=O)N3CCCC[C@H]3C(=O)O2)C[C@H]1OC. The number of nitrogens with zero attached hydrogens (tertiary/aromatic N) is 3. The number of methoxy groups -OCH3 is 2. The predicted molar refractivity (Wildman–Crippen MR) is 352 cm³/mol. The average Bonchev–Trinajstić information content (AvgIpc) is 0.970. The number of amides is 2. The summed E-state index contributed by atoms with van der Waals surface area (Å²) in [5.41, 5.74) is 8.14. The first kappa shape index (κ1) is 78.9. The minimum atomic E-state index is -2.48. The van der Waals surface area contributed by atoms with E-state index in [0.717, 1.165) is 49.7 Å². The quantitative estimate of drug-likeness (QED) is 0.0287. The minimum Gasteiger partial charge on any atom is -0.459 e. The fourth-order valence-electron chi connectivity index (χ4n) is 14.1. The summed E-state index contributed by atoms with van der Waals surface area (Å²) in [5.74, 6) is -8.33. The molecule has 0 spiro atoms. The Balaban J connectivity index is 1.01. The third-order valence-electron chi connectivity index (χ3n) is 19.9. The van der Waals surface area contributed by atoms with Gasteiger partial charge in [0.2, 0.25) is 5.79 Å². The molecule has 24 heteroatoms. The molecule has 0 aromatic carbocycles. The number of carbonyl (C=O) groups excluding carboxylic acids is 5. The molecule has 0 aromatic heterocycles. The van der Waals surface area contributed by atoms with E-state index in [9.17, 15) is 44.4 Å². The molecule has 0 radical (unpaired) electrons. The van der Waals surface area contributed by atoms with Gasteiger partial charge < -0.3 is 83.7 Å². The van der Waals surface area contributed by atoms with Gasteiger partial charge in [-0.15, -0.1) is 0 Å². The lowest BCUT2D eigenvalue weighted by atomic mass is 9.80. The maximum absolute atomic E-state index is 14.6. The van der Waals surface area contributed by atoms with Crippen LogP contribution in [0.15, 0.2) is 47.6 Å². The van der Waals surface area contributed by atoms with Crippen molar-refractivity contribution in [3.8, 4) is 0 Å². The summed E-state index contributed by atoms with van der Waals surface area (Å²) in [6.45, 7) is 22.2. The molecular formula is C70H117N5O19. The van der Waals surface area contributed by atoms with Gasteiger partial charge in [0.25, 0.3) is 11.7 Å². The number of fused-ring (bicyclic) bond motifs is 5. The summed E-state index contributed by atoms with van der Waals surface area (Å²) >= 11 is 0. The number of carbonyl (C=O) groups is 5. The van der Waals surface area contributed by atoms with Crippen LogP contribution in [0.25, 0.3) is 0 Å². The summed E-state index contributed by atoms with van der Waals surface area (Å²) in [6, 6.07) is -1.04. The molecule has 1 aliphatic carbocycles. The van der Waals surface area contributed by atoms with Crippen LogP contribution in [-0.4, -0.2) is 263 Å². The van der Waals surface area contributed by atoms with Gasteiger partial charge in [-0.1, -0.05) is 71.1 Å². The lowest BCUT2D eigenvalue weighted by Gasteiger charge is -2.42. The van der Waals surface area contributed by atoms with Crippen LogP contribution in [0.1, 0.15) is 138 Å². The molecule has 0 aromatic rings. The van der Waals surface area contributed by atoms with Gasteiger partial charge in [-0.3, -0.25) is 24.2 Å². The van der Waals surface area contributed by atoms with Gasteiger partial charge in [-0.2, -0.15) is 0 Å². The van der Waals surface area contributed by atoms with E-state index in [1.165, 1.54) is 6.42 Å². The fraction of sp³-hybridized carbons (Fsp3) is 0.814. The van der Waals surface area contributed by atoms with Gasteiger partial charge >= 0.3 is 12.1 Å². The molecule has 7 N–H and O–H groups in total. The topological polar surface area (TPSA) is 306 Å². The molecule has 1 saturated carbocycles. The van der Waals surface area contributed by atoms with Gasteiger partial charge in [0.15, 0.2) is 5.78 Å². The first-order chi connectivity index (χ1) is 45.1. The summed E-state index contributed by atoms with van der Waals surface area (Å²) < 4.78 is 58.5. The highest BCUT2D eigenvalue weighted by molar-refractivity contribution is 6.39. The average molecular weight is 1330 g/mol. The summed E-state index contributed by atoms with van der Waals surface area (Å²) in [7, 11) is 3.10. The number of likely N-dealkylation sites (tertiary alicyclic amines) is 2. The lowest BCUT2D eigenvalue weighted by Crippen LogP contribution is -2.61. The Kier molecular flexibility index (Phi) is 34.2. The van der Waals surface area contributed by atoms with Gasteiger partial charge in [0.1, 0.15) is 30.5 Å². The number of hydrogen-bond donors (Lipinski definition) is 6. The zero-order valence-electron chi connectivity index (χ0n) is 57.8. The van der Waals surface area contributed by atoms with Crippen molar-refractivity contribution < 1.29 is 91.8 Å². The molecule has 6 aliphatic rings. The van der Waals surface area contributed by atoms with E-state index in [0.29, 0.717) is 123 Å². The number of alkyl carbamates (subject to hydrolysis) is 1. The Morgan fingerprint density at radius 3 is 2.01 bits per heavy atom. The Hall–Kier alpha value is -4.09. The van der Waals surface area contributed by atoms with Crippen molar-refractivity contribution >= 4 is 29.5 Å². The Bertz CT molecular complexity index is 2450. The second-order valence-electron chi connectivity index (χ2n) is 27.2. The van der Waals surface area contributed by atoms with Gasteiger partial charge in [-0.25, -0.2) is 9.59 Å². The van der Waals surface area contributed by atoms with E-state index in [1.807, 2.05) is 44.2 Å². The number of Topliss-reactive ketones (excluding diaryl/α,β-unsaturated/α-hetero) is 2. The number of aliphatic hydroxyl groups is 4. The Morgan fingerprint density at radius 2 is 1.37 bits per heavy atom. The molecule has 0 unspecified atom stereocenters. The molecule has 5 heterocycles. The molecule has 4 saturated heterocycles. The van der Waals surface area contributed by atoms with Crippen LogP contribution in [0.4, 0.5) is 4.79 Å². The maximum Gasteiger partial charge on any atom is 0.407 e. The molecular weight excluding hydrogens is 1210 g/mol. The van der Waals surface area contributed by atoms with Crippen LogP contribution >= 0.6 is 0 Å². The first-order valence-corrected chi connectivity index (χ1v) is 34.9. The zero-order chi connectivity index (χ0) is 68.3. The Labute approximate surface area is 558 Å². The van der Waals surface area contributed by atoms with Crippen molar-refractivity contribution in [3.05, 3.63) is 47.6 Å². The number of hydrogen-bond acceptors (Lipinski definition) is 22. The van der Waals surface area contributed by atoms with Crippen LogP contribution in [-0.2, 0) is 66.5 Å². The standard InChI is InChI=1S/C70H117N5O19/c1-10-27-87-31-35-91-36-34-90-30-26-74-45-53-41-54(74)44-73(53)25-29-89-33-32-88-28-23-72-69(83)93-59-22-20-52(40-62(59)86-9)39-56(71)61-43-58(76)48(4)38-50(6)64(78)65(79)63(77)49(5)37-46(2)16-12-11-13-17-47(3)60(85-8)42-55-21-19-51(7)70(84,94-55)66(80)67(81)75-24-15-14-18-57(75)68(82)92-61/h11-13,16-17,38,46,48-49,51-62,64-65,76,78-79,84H,10,14-15,18-37,39-45,71H2,1-9H3,(H,72,83)/b13-11+,16-12+,47-17+,50-38+/t46-,48-,49-,51-,52+,53+,54+,55+,56-,57+,58-,59-,60+,61+,62-,64-,65+,70-/m1/s1. The lowest BCUT2D eigenvalue weighted by molar-refractivity contribution is -0.265. The van der Waals surface area contributed by atoms with Crippen LogP contribution in [0.5, 0.6) is 0 Å². The molecule has 2 amide bonds. The molecule has 5 aliphatic heterocycles. The van der Waals surface area contributed by atoms with E-state index >= 15 is 0 Å². The van der Waals surface area contributed by atoms with E-state index in [1.54, 1.807) is 48.0 Å². The monoisotopic (exact) mass is 1330 g/mol. The van der Waals surface area contributed by atoms with Crippen molar-refractivity contribution in [2.45, 2.75) is 217 Å². The van der Waals surface area contributed by atoms with Crippen molar-refractivity contribution in [1.29, 1.82) is 0 Å². The second kappa shape index (κ2) is 40.7. The van der Waals surface area contributed by atoms with Gasteiger partial charge in [-0.05, 0) is 114 Å². The van der Waals surface area contributed by atoms with Gasteiger partial charge in [0.05, 0.1) is 83.9 Å². The fourth-order valence-corrected chi connectivity index (χ4v) is 14.1. The molecule has 18 atom stereocenters. The number of aliphatic hydroxyl groups excluding tert-OH is 3. The number of ether oxygens (including phenoxy) is 10. The number of rotatable bonds is 26. The van der Waals surface area contributed by atoms with Gasteiger partial charge in [0, 0.05) is 109 Å². The largest absolute Gasteiger partial charge is 0.459 e. The van der Waals surface area contributed by atoms with Crippen LogP contribution in [0.3, 0.4) is 0 Å². The highest BCUT2D eigenvalue weighted by Crippen LogP contribution is 2.38. The maximum atomic E-state index is 14.6. The van der Waals surface area contributed by atoms with E-state index < -0.39 is 114 Å². The molecule has 94 heavy (non-hydrogen) atoms. The summed E-state index contributed by atoms with van der Waals surface area (Å²) in [4.78, 5) is 76.3. The zero-order valence-corrected chi connectivity index (χ0v) is 57.8. The van der Waals surface area contributed by atoms with Crippen molar-refractivity contribution in [2.75, 3.05) is 120 Å². The number of nitrogens with two attached hydrogens (primary N) is 1. The highest BCUT2D eigenvalue weighted by Gasteiger charge is 2.53. The number of allylic oxidation sites excluding steroid dienone is 5. The second-order valence-corrected chi connectivity index (χ2v) is 27.2. The van der Waals surface area contributed by atoms with E-state index in [4.69, 9.17) is 53.1 Å². The minimum absolute atomic E-state index is 0.0312. The van der Waals surface area contributed by atoms with E-state index in [2.05, 4.69) is 22.0 Å². The van der Waals surface area contributed by atoms with Crippen LogP contribution in [0, 0.1) is 29.6 Å². The molecule has 6 rings (SSSR count). The number of esters is 1. The first-order valence-electron chi connectivity index (χ1n) is 34.9. The number of cyclic esters (lactones) is 1. The van der Waals surface area contributed by atoms with Crippen molar-refractivity contribution in [1.82, 2.24) is 20.0 Å². The molecule has 4 bridgehead atoms. The third-order valence-corrected chi connectivity index (χ3v) is 19.9. The third kappa shape index (κ3) is 24.1. The molecule has 5 fully saturated rings. The van der Waals surface area contributed by atoms with Crippen molar-refractivity contribution in [3.63, 3.8) is 0 Å². The number of nitrogens with one attached hydrogen (secondary N) is 1. The summed E-state index contributed by atoms with van der Waals surface area (Å²) in [5, 5.41) is 49.2. The smallest absolute Gasteiger partial charge is 0.407 e. The number of piperazine rings is 1. The molecule has 536 valence electrons. The van der Waals surface area contributed by atoms with Crippen LogP contribution < -0.4 is 11.1 Å². The van der Waals surface area contributed by atoms with Crippen molar-refractivity contribution in [2.24, 2.45) is 35.3 Å². The molecule has 24 nitrogen and oxygen atoms in total. The number of piperidine rings is 1. The van der Waals surface area contributed by atoms with Crippen LogP contribution in [0.2, 0.25) is 0 Å².